The van der Waals surface area contributed by atoms with E-state index in [9.17, 15) is 9.90 Å². The van der Waals surface area contributed by atoms with Crippen LogP contribution in [0.5, 0.6) is 5.75 Å². The van der Waals surface area contributed by atoms with E-state index in [2.05, 4.69) is 25.6 Å². The van der Waals surface area contributed by atoms with E-state index in [1.54, 1.807) is 25.6 Å². The average Bonchev–Trinajstić information content (AvgIpc) is 3.48. The van der Waals surface area contributed by atoms with Gasteiger partial charge in [0.15, 0.2) is 5.82 Å². The molecule has 0 bridgehead atoms. The van der Waals surface area contributed by atoms with Crippen molar-refractivity contribution >= 4 is 11.6 Å². The minimum atomic E-state index is -0.837. The van der Waals surface area contributed by atoms with Gasteiger partial charge in [-0.25, -0.2) is 15.0 Å². The van der Waals surface area contributed by atoms with Crippen LogP contribution in [0.2, 0.25) is 0 Å². The minimum Gasteiger partial charge on any atom is -0.496 e. The van der Waals surface area contributed by atoms with Gasteiger partial charge < -0.3 is 25.0 Å². The first kappa shape index (κ1) is 23.5. The Bertz CT molecular complexity index is 1390. The Morgan fingerprint density at radius 2 is 2.06 bits per heavy atom. The number of hydrogen-bond donors (Lipinski definition) is 3. The number of aromatic nitrogens is 4. The number of carbonyl (C=O) groups is 1. The third kappa shape index (κ3) is 4.29. The predicted octanol–water partition coefficient (Wildman–Crippen LogP) is 3.06. The van der Waals surface area contributed by atoms with Crippen LogP contribution in [0.25, 0.3) is 11.5 Å². The van der Waals surface area contributed by atoms with Gasteiger partial charge in [-0.15, -0.1) is 0 Å². The fourth-order valence-electron chi connectivity index (χ4n) is 4.79. The lowest BCUT2D eigenvalue weighted by Crippen LogP contribution is -2.47. The summed E-state index contributed by atoms with van der Waals surface area (Å²) in [7, 11) is 3.57. The molecule has 36 heavy (non-hydrogen) atoms. The van der Waals surface area contributed by atoms with Crippen LogP contribution < -0.4 is 15.4 Å². The van der Waals surface area contributed by atoms with Crippen LogP contribution in [-0.2, 0) is 25.6 Å². The van der Waals surface area contributed by atoms with Crippen molar-refractivity contribution in [3.63, 3.8) is 0 Å². The summed E-state index contributed by atoms with van der Waals surface area (Å²) in [6, 6.07) is 14.9. The summed E-state index contributed by atoms with van der Waals surface area (Å²) < 4.78 is 7.46. The Morgan fingerprint density at radius 3 is 2.83 bits per heavy atom. The maximum absolute atomic E-state index is 13.3. The van der Waals surface area contributed by atoms with Gasteiger partial charge in [0.25, 0.3) is 5.91 Å². The molecule has 3 N–H and O–H groups in total. The third-order valence-corrected chi connectivity index (χ3v) is 6.79. The zero-order chi connectivity index (χ0) is 25.1. The second-order valence-electron chi connectivity index (χ2n) is 8.84. The summed E-state index contributed by atoms with van der Waals surface area (Å²) in [5.41, 5.74) is 4.13. The number of fused-ring (bicyclic) bond motifs is 1. The van der Waals surface area contributed by atoms with Crippen LogP contribution in [0.1, 0.15) is 33.6 Å². The van der Waals surface area contributed by atoms with E-state index in [0.29, 0.717) is 18.5 Å². The fraction of sp³-hybridized carbons (Fsp3) is 0.259. The van der Waals surface area contributed by atoms with Gasteiger partial charge in [0, 0.05) is 24.5 Å². The van der Waals surface area contributed by atoms with Crippen molar-refractivity contribution in [2.75, 3.05) is 19.0 Å². The Morgan fingerprint density at radius 1 is 1.19 bits per heavy atom. The molecule has 1 amide bonds. The molecule has 2 aromatic heterocycles. The number of nitrogens with one attached hydrogen (secondary N) is 2. The number of aliphatic hydroxyl groups excluding tert-OH is 1. The molecule has 0 saturated carbocycles. The first-order valence-corrected chi connectivity index (χ1v) is 11.8. The number of anilines is 1. The highest BCUT2D eigenvalue weighted by Crippen LogP contribution is 2.41. The highest BCUT2D eigenvalue weighted by Gasteiger charge is 2.41. The second kappa shape index (κ2) is 9.79. The standard InChI is InChI=1S/C27H28N6O3/c1-33-20(15-30-25(33)23-10-12-28-17-31-23)14-29-19-6-3-5-18(13-19)26(35)32-27(16-34)11-9-21-22(27)7-4-8-24(21)36-2/h3-8,10,12-13,15,17,29,34H,9,11,14,16H2,1-2H3,(H,32,35). The number of imidazole rings is 1. The first-order chi connectivity index (χ1) is 17.5. The molecule has 0 radical (unpaired) electrons. The smallest absolute Gasteiger partial charge is 0.252 e. The quantitative estimate of drug-likeness (QED) is 0.352. The summed E-state index contributed by atoms with van der Waals surface area (Å²) >= 11 is 0. The number of ether oxygens (including phenoxy) is 1. The Hall–Kier alpha value is -4.24. The normalized spacial score (nSPS) is 16.4. The molecule has 2 heterocycles. The largest absolute Gasteiger partial charge is 0.496 e. The molecule has 9 heteroatoms. The molecular formula is C27H28N6O3. The molecule has 184 valence electrons. The van der Waals surface area contributed by atoms with Gasteiger partial charge in [-0.1, -0.05) is 18.2 Å². The lowest BCUT2D eigenvalue weighted by Gasteiger charge is -2.30. The van der Waals surface area contributed by atoms with E-state index in [4.69, 9.17) is 4.74 Å². The topological polar surface area (TPSA) is 114 Å². The highest BCUT2D eigenvalue weighted by atomic mass is 16.5. The summed E-state index contributed by atoms with van der Waals surface area (Å²) in [4.78, 5) is 26.0. The zero-order valence-electron chi connectivity index (χ0n) is 20.2. The number of nitrogens with zero attached hydrogens (tertiary/aromatic N) is 4. The number of carbonyl (C=O) groups excluding carboxylic acids is 1. The van der Waals surface area contributed by atoms with E-state index >= 15 is 0 Å². The van der Waals surface area contributed by atoms with E-state index in [-0.39, 0.29) is 12.5 Å². The van der Waals surface area contributed by atoms with Crippen molar-refractivity contribution in [2.45, 2.75) is 24.9 Å². The number of methoxy groups -OCH3 is 1. The van der Waals surface area contributed by atoms with Crippen LogP contribution in [0, 0.1) is 0 Å². The summed E-state index contributed by atoms with van der Waals surface area (Å²) in [5, 5.41) is 16.8. The molecule has 0 saturated heterocycles. The van der Waals surface area contributed by atoms with Crippen molar-refractivity contribution in [2.24, 2.45) is 7.05 Å². The minimum absolute atomic E-state index is 0.188. The van der Waals surface area contributed by atoms with Crippen molar-refractivity contribution in [3.8, 4) is 17.3 Å². The second-order valence-corrected chi connectivity index (χ2v) is 8.84. The van der Waals surface area contributed by atoms with Crippen LogP contribution in [0.15, 0.2) is 67.3 Å². The molecular weight excluding hydrogens is 456 g/mol. The van der Waals surface area contributed by atoms with E-state index in [1.165, 1.54) is 6.33 Å². The SMILES string of the molecule is COc1cccc2c1CCC2(CO)NC(=O)c1cccc(NCc2cnc(-c3ccncn3)n2C)c1. The number of hydrogen-bond acceptors (Lipinski definition) is 7. The number of amides is 1. The molecule has 0 aliphatic heterocycles. The average molecular weight is 485 g/mol. The maximum atomic E-state index is 13.3. The molecule has 9 nitrogen and oxygen atoms in total. The Kier molecular flexibility index (Phi) is 6.39. The third-order valence-electron chi connectivity index (χ3n) is 6.79. The molecule has 1 aliphatic rings. The number of rotatable bonds is 8. The zero-order valence-corrected chi connectivity index (χ0v) is 20.2. The van der Waals surface area contributed by atoms with E-state index < -0.39 is 5.54 Å². The van der Waals surface area contributed by atoms with Gasteiger partial charge in [-0.3, -0.25) is 4.79 Å². The molecule has 0 spiro atoms. The molecule has 2 aromatic carbocycles. The van der Waals surface area contributed by atoms with Crippen molar-refractivity contribution in [1.29, 1.82) is 0 Å². The van der Waals surface area contributed by atoms with Gasteiger partial charge in [-0.05, 0) is 54.3 Å². The van der Waals surface area contributed by atoms with E-state index in [1.807, 2.05) is 54.1 Å². The van der Waals surface area contributed by atoms with Crippen molar-refractivity contribution < 1.29 is 14.6 Å². The van der Waals surface area contributed by atoms with E-state index in [0.717, 1.165) is 46.2 Å². The molecule has 1 atom stereocenters. The molecule has 0 fully saturated rings. The van der Waals surface area contributed by atoms with Crippen LogP contribution >= 0.6 is 0 Å². The number of aliphatic hydroxyl groups is 1. The summed E-state index contributed by atoms with van der Waals surface area (Å²) in [6.45, 7) is 0.333. The van der Waals surface area contributed by atoms with Gasteiger partial charge in [-0.2, -0.15) is 0 Å². The van der Waals surface area contributed by atoms with Crippen LogP contribution in [-0.4, -0.2) is 44.2 Å². The molecule has 4 aromatic rings. The highest BCUT2D eigenvalue weighted by molar-refractivity contribution is 5.95. The van der Waals surface area contributed by atoms with Gasteiger partial charge in [0.2, 0.25) is 0 Å². The Labute approximate surface area is 209 Å². The lowest BCUT2D eigenvalue weighted by atomic mass is 9.92. The van der Waals surface area contributed by atoms with Gasteiger partial charge in [0.05, 0.1) is 37.7 Å². The molecule has 1 aliphatic carbocycles. The summed E-state index contributed by atoms with van der Waals surface area (Å²) in [5.74, 6) is 1.29. The predicted molar refractivity (Wildman–Crippen MR) is 136 cm³/mol. The van der Waals surface area contributed by atoms with Gasteiger partial charge in [0.1, 0.15) is 17.8 Å². The molecule has 5 rings (SSSR count). The van der Waals surface area contributed by atoms with Gasteiger partial charge >= 0.3 is 0 Å². The fourth-order valence-corrected chi connectivity index (χ4v) is 4.79. The maximum Gasteiger partial charge on any atom is 0.252 e. The first-order valence-electron chi connectivity index (χ1n) is 11.8. The van der Waals surface area contributed by atoms with Crippen LogP contribution in [0.3, 0.4) is 0 Å². The Balaban J connectivity index is 1.30. The van der Waals surface area contributed by atoms with Crippen molar-refractivity contribution in [3.05, 3.63) is 89.6 Å². The van der Waals surface area contributed by atoms with Crippen LogP contribution in [0.4, 0.5) is 5.69 Å². The number of benzene rings is 2. The monoisotopic (exact) mass is 484 g/mol. The molecule has 1 unspecified atom stereocenters. The van der Waals surface area contributed by atoms with Crippen molar-refractivity contribution in [1.82, 2.24) is 24.8 Å². The summed E-state index contributed by atoms with van der Waals surface area (Å²) in [6.07, 6.45) is 6.33. The lowest BCUT2D eigenvalue weighted by molar-refractivity contribution is 0.0829.